The first-order chi connectivity index (χ1) is 14.9. The third-order valence-electron chi connectivity index (χ3n) is 5.67. The molecule has 1 aromatic heterocycles. The number of hydrogen-bond donors (Lipinski definition) is 1. The predicted molar refractivity (Wildman–Crippen MR) is 114 cm³/mol. The molecule has 0 bridgehead atoms. The highest BCUT2D eigenvalue weighted by molar-refractivity contribution is 5.83. The van der Waals surface area contributed by atoms with Gasteiger partial charge in [-0.05, 0) is 25.5 Å². The van der Waals surface area contributed by atoms with Crippen LogP contribution in [0.1, 0.15) is 48.4 Å². The maximum absolute atomic E-state index is 14.1. The van der Waals surface area contributed by atoms with E-state index in [1.165, 1.54) is 12.1 Å². The Balaban J connectivity index is 1.62. The highest BCUT2D eigenvalue weighted by Crippen LogP contribution is 2.32. The summed E-state index contributed by atoms with van der Waals surface area (Å²) in [4.78, 5) is 20.1. The zero-order valence-corrected chi connectivity index (χ0v) is 17.7. The number of hydrogen-bond acceptors (Lipinski definition) is 3. The van der Waals surface area contributed by atoms with E-state index in [9.17, 15) is 13.6 Å². The van der Waals surface area contributed by atoms with Crippen LogP contribution in [0.3, 0.4) is 0 Å². The molecule has 31 heavy (non-hydrogen) atoms. The number of amides is 1. The van der Waals surface area contributed by atoms with Crippen molar-refractivity contribution in [3.8, 4) is 0 Å². The Morgan fingerprint density at radius 2 is 1.97 bits per heavy atom. The Hall–Kier alpha value is -3.06. The fraction of sp³-hybridized carbons (Fsp3) is 0.333. The van der Waals surface area contributed by atoms with Crippen molar-refractivity contribution in [2.75, 3.05) is 6.54 Å². The summed E-state index contributed by atoms with van der Waals surface area (Å²) in [6, 6.07) is 13.0. The molecule has 5 nitrogen and oxygen atoms in total. The first kappa shape index (κ1) is 21.2. The van der Waals surface area contributed by atoms with Gasteiger partial charge in [-0.1, -0.05) is 36.4 Å². The van der Waals surface area contributed by atoms with E-state index < -0.39 is 17.7 Å². The van der Waals surface area contributed by atoms with Crippen molar-refractivity contribution in [1.29, 1.82) is 0 Å². The smallest absolute Gasteiger partial charge is 0.243 e. The summed E-state index contributed by atoms with van der Waals surface area (Å²) >= 11 is 0. The second-order valence-corrected chi connectivity index (χ2v) is 8.14. The van der Waals surface area contributed by atoms with Crippen molar-refractivity contribution in [3.05, 3.63) is 89.0 Å². The average Bonchev–Trinajstić information content (AvgIpc) is 3.18. The molecular weight excluding hydrogens is 398 g/mol. The van der Waals surface area contributed by atoms with Crippen LogP contribution in [0.25, 0.3) is 0 Å². The lowest BCUT2D eigenvalue weighted by Gasteiger charge is -2.36. The highest BCUT2D eigenvalue weighted by Gasteiger charge is 2.37. The van der Waals surface area contributed by atoms with Crippen LogP contribution in [-0.4, -0.2) is 26.9 Å². The molecule has 1 atom stereocenters. The first-order valence-electron chi connectivity index (χ1n) is 10.5. The zero-order chi connectivity index (χ0) is 22.0. The molecule has 0 spiro atoms. The minimum Gasteiger partial charge on any atom is -0.350 e. The van der Waals surface area contributed by atoms with Gasteiger partial charge < -0.3 is 9.88 Å². The fourth-order valence-electron chi connectivity index (χ4n) is 4.09. The maximum atomic E-state index is 14.1. The number of halogens is 2. The number of nitrogens with one attached hydrogen (secondary N) is 1. The SMILES string of the molecule is CC(C)n1cnc2c1[C@H](C(=O)NCc1ccc(F)cc1F)N(Cc1ccccc1)CC2. The van der Waals surface area contributed by atoms with Gasteiger partial charge >= 0.3 is 0 Å². The minimum atomic E-state index is -0.669. The lowest BCUT2D eigenvalue weighted by molar-refractivity contribution is -0.127. The van der Waals surface area contributed by atoms with Gasteiger partial charge in [0, 0.05) is 43.7 Å². The van der Waals surface area contributed by atoms with Crippen LogP contribution in [0.5, 0.6) is 0 Å². The van der Waals surface area contributed by atoms with Crippen LogP contribution in [0.2, 0.25) is 0 Å². The van der Waals surface area contributed by atoms with Crippen molar-refractivity contribution < 1.29 is 13.6 Å². The van der Waals surface area contributed by atoms with E-state index in [0.717, 1.165) is 29.4 Å². The summed E-state index contributed by atoms with van der Waals surface area (Å²) in [5.41, 5.74) is 3.17. The highest BCUT2D eigenvalue weighted by atomic mass is 19.1. The standard InChI is InChI=1S/C24H26F2N4O/c1-16(2)30-15-28-21-10-11-29(14-17-6-4-3-5-7-17)23(22(21)30)24(31)27-13-18-8-9-19(25)12-20(18)26/h3-9,12,15-16,23H,10-11,13-14H2,1-2H3,(H,27,31)/t23-/m1/s1. The Kier molecular flexibility index (Phi) is 6.13. The van der Waals surface area contributed by atoms with Crippen molar-refractivity contribution in [3.63, 3.8) is 0 Å². The molecule has 0 unspecified atom stereocenters. The molecular formula is C24H26F2N4O. The molecule has 1 N–H and O–H groups in total. The fourth-order valence-corrected chi connectivity index (χ4v) is 4.09. The van der Waals surface area contributed by atoms with Gasteiger partial charge in [0.25, 0.3) is 0 Å². The van der Waals surface area contributed by atoms with E-state index in [1.54, 1.807) is 6.33 Å². The Labute approximate surface area is 180 Å². The zero-order valence-electron chi connectivity index (χ0n) is 17.7. The molecule has 7 heteroatoms. The van der Waals surface area contributed by atoms with Crippen molar-refractivity contribution in [2.45, 2.75) is 45.4 Å². The van der Waals surface area contributed by atoms with Gasteiger partial charge in [-0.15, -0.1) is 0 Å². The number of benzene rings is 2. The number of fused-ring (bicyclic) bond motifs is 1. The van der Waals surface area contributed by atoms with Crippen molar-refractivity contribution >= 4 is 5.91 Å². The number of imidazole rings is 1. The quantitative estimate of drug-likeness (QED) is 0.647. The number of aromatic nitrogens is 2. The maximum Gasteiger partial charge on any atom is 0.243 e. The van der Waals surface area contributed by atoms with E-state index in [2.05, 4.69) is 29.0 Å². The number of carbonyl (C=O) groups excluding carboxylic acids is 1. The average molecular weight is 424 g/mol. The van der Waals surface area contributed by atoms with Gasteiger partial charge in [-0.3, -0.25) is 9.69 Å². The number of rotatable bonds is 6. The third-order valence-corrected chi connectivity index (χ3v) is 5.67. The Bertz CT molecular complexity index is 1060. The number of nitrogens with zero attached hydrogens (tertiary/aromatic N) is 3. The summed E-state index contributed by atoms with van der Waals surface area (Å²) in [6.07, 6.45) is 2.56. The molecule has 1 aliphatic heterocycles. The van der Waals surface area contributed by atoms with Gasteiger partial charge in [0.15, 0.2) is 0 Å². The summed E-state index contributed by atoms with van der Waals surface area (Å²) in [7, 11) is 0. The molecule has 0 fully saturated rings. The first-order valence-corrected chi connectivity index (χ1v) is 10.5. The lowest BCUT2D eigenvalue weighted by Crippen LogP contribution is -2.45. The topological polar surface area (TPSA) is 50.2 Å². The van der Waals surface area contributed by atoms with Crippen LogP contribution in [-0.2, 0) is 24.3 Å². The van der Waals surface area contributed by atoms with E-state index in [-0.39, 0.29) is 24.1 Å². The van der Waals surface area contributed by atoms with E-state index in [1.807, 2.05) is 34.9 Å². The summed E-state index contributed by atoms with van der Waals surface area (Å²) in [6.45, 7) is 5.42. The summed E-state index contributed by atoms with van der Waals surface area (Å²) < 4.78 is 29.3. The second kappa shape index (κ2) is 8.98. The molecule has 1 amide bonds. The molecule has 0 radical (unpaired) electrons. The van der Waals surface area contributed by atoms with Crippen LogP contribution >= 0.6 is 0 Å². The van der Waals surface area contributed by atoms with Crippen LogP contribution in [0.4, 0.5) is 8.78 Å². The Morgan fingerprint density at radius 1 is 1.19 bits per heavy atom. The van der Waals surface area contributed by atoms with Crippen LogP contribution < -0.4 is 5.32 Å². The summed E-state index contributed by atoms with van der Waals surface area (Å²) in [5, 5.41) is 2.86. The molecule has 0 aliphatic carbocycles. The molecule has 4 rings (SSSR count). The van der Waals surface area contributed by atoms with E-state index in [4.69, 9.17) is 0 Å². The van der Waals surface area contributed by atoms with Gasteiger partial charge in [0.05, 0.1) is 17.7 Å². The predicted octanol–water partition coefficient (Wildman–Crippen LogP) is 4.16. The summed E-state index contributed by atoms with van der Waals surface area (Å²) in [5.74, 6) is -1.53. The van der Waals surface area contributed by atoms with Gasteiger partial charge in [-0.25, -0.2) is 13.8 Å². The second-order valence-electron chi connectivity index (χ2n) is 8.14. The van der Waals surface area contributed by atoms with Crippen molar-refractivity contribution in [1.82, 2.24) is 19.8 Å². The Morgan fingerprint density at radius 3 is 2.68 bits per heavy atom. The third kappa shape index (κ3) is 4.51. The molecule has 0 saturated carbocycles. The molecule has 2 aromatic carbocycles. The van der Waals surface area contributed by atoms with Gasteiger partial charge in [0.2, 0.25) is 5.91 Å². The largest absolute Gasteiger partial charge is 0.350 e. The van der Waals surface area contributed by atoms with E-state index >= 15 is 0 Å². The molecule has 162 valence electrons. The monoisotopic (exact) mass is 424 g/mol. The molecule has 2 heterocycles. The van der Waals surface area contributed by atoms with Crippen LogP contribution in [0.15, 0.2) is 54.9 Å². The minimum absolute atomic E-state index is 0.00816. The van der Waals surface area contributed by atoms with Gasteiger partial charge in [-0.2, -0.15) is 0 Å². The normalized spacial score (nSPS) is 16.4. The van der Waals surface area contributed by atoms with E-state index in [0.29, 0.717) is 13.1 Å². The van der Waals surface area contributed by atoms with Crippen molar-refractivity contribution in [2.24, 2.45) is 0 Å². The lowest BCUT2D eigenvalue weighted by atomic mass is 9.99. The molecule has 1 aliphatic rings. The molecule has 0 saturated heterocycles. The molecule has 3 aromatic rings. The van der Waals surface area contributed by atoms with Gasteiger partial charge in [0.1, 0.15) is 17.7 Å². The van der Waals surface area contributed by atoms with Crippen LogP contribution in [0, 0.1) is 11.6 Å². The number of carbonyl (C=O) groups is 1.